The van der Waals surface area contributed by atoms with Crippen LogP contribution < -0.4 is 9.47 Å². The number of halogens is 4. The molecule has 0 saturated heterocycles. The van der Waals surface area contributed by atoms with Gasteiger partial charge in [0.1, 0.15) is 0 Å². The van der Waals surface area contributed by atoms with E-state index in [1.165, 1.54) is 25.3 Å². The number of esters is 1. The molecule has 0 N–H and O–H groups in total. The summed E-state index contributed by atoms with van der Waals surface area (Å²) in [5.74, 6) is -5.85. The van der Waals surface area contributed by atoms with Crippen LogP contribution in [-0.2, 0) is 0 Å². The van der Waals surface area contributed by atoms with Crippen LogP contribution in [0.15, 0.2) is 36.4 Å². The van der Waals surface area contributed by atoms with E-state index in [0.29, 0.717) is 11.8 Å². The molecule has 0 aliphatic heterocycles. The van der Waals surface area contributed by atoms with Crippen LogP contribution in [0.25, 0.3) is 0 Å². The Bertz CT molecular complexity index is 1130. The molecule has 36 heavy (non-hydrogen) atoms. The van der Waals surface area contributed by atoms with Crippen molar-refractivity contribution in [1.29, 1.82) is 0 Å². The minimum Gasteiger partial charge on any atom is -0.494 e. The molecule has 2 aromatic rings. The second-order valence-corrected chi connectivity index (χ2v) is 9.97. The number of hydrogen-bond acceptors (Lipinski definition) is 3. The number of rotatable bonds is 7. The van der Waals surface area contributed by atoms with Crippen molar-refractivity contribution < 1.29 is 31.8 Å². The molecule has 2 aliphatic carbocycles. The number of hydrogen-bond donors (Lipinski definition) is 0. The van der Waals surface area contributed by atoms with E-state index in [1.807, 2.05) is 6.92 Å². The predicted molar refractivity (Wildman–Crippen MR) is 129 cm³/mol. The van der Waals surface area contributed by atoms with Crippen molar-refractivity contribution in [2.45, 2.75) is 64.2 Å². The van der Waals surface area contributed by atoms with Crippen LogP contribution in [0, 0.1) is 41.0 Å². The molecule has 4 rings (SSSR count). The number of carbonyl (C=O) groups is 1. The molecule has 2 fully saturated rings. The van der Waals surface area contributed by atoms with Crippen LogP contribution in [0.2, 0.25) is 0 Å². The molecule has 194 valence electrons. The first-order valence-electron chi connectivity index (χ1n) is 12.7. The van der Waals surface area contributed by atoms with Crippen LogP contribution >= 0.6 is 0 Å². The summed E-state index contributed by atoms with van der Waals surface area (Å²) in [5, 5.41) is 0. The van der Waals surface area contributed by atoms with Gasteiger partial charge in [-0.2, -0.15) is 8.78 Å². The number of carbonyl (C=O) groups excluding carboxylic acids is 1. The smallest absolute Gasteiger partial charge is 0.346 e. The molecule has 4 unspecified atom stereocenters. The normalized spacial score (nSPS) is 23.9. The molecule has 2 aliphatic rings. The van der Waals surface area contributed by atoms with Crippen molar-refractivity contribution >= 4 is 5.97 Å². The maximum absolute atomic E-state index is 15.1. The summed E-state index contributed by atoms with van der Waals surface area (Å²) in [7, 11) is 1.16. The minimum absolute atomic E-state index is 0.112. The Morgan fingerprint density at radius 1 is 0.889 bits per heavy atom. The molecule has 0 heterocycles. The third-order valence-electron chi connectivity index (χ3n) is 7.90. The molecular formula is C29H32F4O3. The highest BCUT2D eigenvalue weighted by Crippen LogP contribution is 2.49. The highest BCUT2D eigenvalue weighted by molar-refractivity contribution is 5.91. The predicted octanol–water partition coefficient (Wildman–Crippen LogP) is 8.13. The van der Waals surface area contributed by atoms with E-state index in [9.17, 15) is 18.0 Å². The molecule has 2 saturated carbocycles. The SMILES string of the molecule is C/C=C/CCC1CCC2CC(c3ccc(C(=O)Oc4ccc(OC)c(F)c4F)c(F)c3F)CCC2C1. The fourth-order valence-electron chi connectivity index (χ4n) is 5.97. The van der Waals surface area contributed by atoms with Crippen molar-refractivity contribution in [2.75, 3.05) is 7.11 Å². The lowest BCUT2D eigenvalue weighted by Crippen LogP contribution is -2.30. The van der Waals surface area contributed by atoms with E-state index >= 15 is 4.39 Å². The molecule has 0 bridgehead atoms. The molecule has 0 spiro atoms. The lowest BCUT2D eigenvalue weighted by molar-refractivity contribution is 0.0720. The first-order chi connectivity index (χ1) is 17.3. The molecule has 0 aromatic heterocycles. The van der Waals surface area contributed by atoms with E-state index in [-0.39, 0.29) is 17.2 Å². The molecule has 2 aromatic carbocycles. The minimum atomic E-state index is -1.45. The third-order valence-corrected chi connectivity index (χ3v) is 7.90. The van der Waals surface area contributed by atoms with Crippen molar-refractivity contribution in [3.05, 3.63) is 70.8 Å². The maximum Gasteiger partial charge on any atom is 0.346 e. The molecule has 4 atom stereocenters. The van der Waals surface area contributed by atoms with Crippen molar-refractivity contribution in [2.24, 2.45) is 17.8 Å². The van der Waals surface area contributed by atoms with Gasteiger partial charge < -0.3 is 9.47 Å². The van der Waals surface area contributed by atoms with Gasteiger partial charge in [-0.15, -0.1) is 0 Å². The Hall–Kier alpha value is -2.83. The van der Waals surface area contributed by atoms with E-state index in [1.54, 1.807) is 0 Å². The Kier molecular flexibility index (Phi) is 8.37. The highest BCUT2D eigenvalue weighted by Gasteiger charge is 2.37. The quantitative estimate of drug-likeness (QED) is 0.165. The molecule has 0 amide bonds. The fourth-order valence-corrected chi connectivity index (χ4v) is 5.97. The fraction of sp³-hybridized carbons (Fsp3) is 0.483. The lowest BCUT2D eigenvalue weighted by Gasteiger charge is -2.42. The standard InChI is InChI=1S/C29H32F4O3/c1-3-4-5-6-17-7-8-19-16-20(10-9-18(19)15-17)21-11-12-22(26(31)25(21)30)29(34)36-24-14-13-23(35-2)27(32)28(24)33/h3-4,11-14,17-20H,5-10,15-16H2,1-2H3/b4-3+. The van der Waals surface area contributed by atoms with Crippen LogP contribution in [0.4, 0.5) is 17.6 Å². The number of ether oxygens (including phenoxy) is 2. The first-order valence-corrected chi connectivity index (χ1v) is 12.7. The van der Waals surface area contributed by atoms with Crippen LogP contribution in [-0.4, -0.2) is 13.1 Å². The Labute approximate surface area is 209 Å². The van der Waals surface area contributed by atoms with Crippen molar-refractivity contribution in [3.63, 3.8) is 0 Å². The lowest BCUT2D eigenvalue weighted by atomic mass is 9.63. The van der Waals surface area contributed by atoms with Gasteiger partial charge in [0.15, 0.2) is 23.1 Å². The summed E-state index contributed by atoms with van der Waals surface area (Å²) >= 11 is 0. The monoisotopic (exact) mass is 504 g/mol. The number of benzene rings is 2. The highest BCUT2D eigenvalue weighted by atomic mass is 19.2. The number of fused-ring (bicyclic) bond motifs is 1. The Morgan fingerprint density at radius 2 is 1.58 bits per heavy atom. The summed E-state index contributed by atoms with van der Waals surface area (Å²) in [4.78, 5) is 12.5. The largest absolute Gasteiger partial charge is 0.494 e. The molecular weight excluding hydrogens is 472 g/mol. The molecule has 7 heteroatoms. The van der Waals surface area contributed by atoms with Gasteiger partial charge in [-0.05, 0) is 99.3 Å². The van der Waals surface area contributed by atoms with Crippen LogP contribution in [0.5, 0.6) is 11.5 Å². The van der Waals surface area contributed by atoms with Gasteiger partial charge in [0.2, 0.25) is 11.6 Å². The van der Waals surface area contributed by atoms with Gasteiger partial charge in [-0.1, -0.05) is 24.6 Å². The summed E-state index contributed by atoms with van der Waals surface area (Å²) in [6, 6.07) is 4.66. The zero-order valence-corrected chi connectivity index (χ0v) is 20.7. The van der Waals surface area contributed by atoms with Crippen molar-refractivity contribution in [3.8, 4) is 11.5 Å². The van der Waals surface area contributed by atoms with Gasteiger partial charge >= 0.3 is 5.97 Å². The molecule has 0 radical (unpaired) electrons. The van der Waals surface area contributed by atoms with Gasteiger partial charge in [0, 0.05) is 0 Å². The van der Waals surface area contributed by atoms with E-state index in [4.69, 9.17) is 4.74 Å². The summed E-state index contributed by atoms with van der Waals surface area (Å²) in [5.41, 5.74) is -0.401. The second-order valence-electron chi connectivity index (χ2n) is 9.97. The van der Waals surface area contributed by atoms with E-state index in [2.05, 4.69) is 16.9 Å². The topological polar surface area (TPSA) is 35.5 Å². The number of allylic oxidation sites excluding steroid dienone is 2. The maximum atomic E-state index is 15.1. The third kappa shape index (κ3) is 5.45. The summed E-state index contributed by atoms with van der Waals surface area (Å²) in [6.45, 7) is 2.04. The van der Waals surface area contributed by atoms with Gasteiger partial charge in [0.05, 0.1) is 12.7 Å². The van der Waals surface area contributed by atoms with Gasteiger partial charge in [0.25, 0.3) is 0 Å². The molecule has 3 nitrogen and oxygen atoms in total. The van der Waals surface area contributed by atoms with Crippen LogP contribution in [0.3, 0.4) is 0 Å². The summed E-state index contributed by atoms with van der Waals surface area (Å²) in [6.07, 6.45) is 12.7. The van der Waals surface area contributed by atoms with E-state index < -0.39 is 40.6 Å². The summed E-state index contributed by atoms with van der Waals surface area (Å²) < 4.78 is 67.6. The van der Waals surface area contributed by atoms with Gasteiger partial charge in [-0.3, -0.25) is 0 Å². The average molecular weight is 505 g/mol. The Balaban J connectivity index is 1.43. The zero-order chi connectivity index (χ0) is 25.8. The zero-order valence-electron chi connectivity index (χ0n) is 20.7. The Morgan fingerprint density at radius 3 is 2.33 bits per heavy atom. The number of methoxy groups -OCH3 is 1. The van der Waals surface area contributed by atoms with Crippen LogP contribution in [0.1, 0.15) is 80.1 Å². The van der Waals surface area contributed by atoms with Crippen molar-refractivity contribution in [1.82, 2.24) is 0 Å². The second kappa shape index (κ2) is 11.5. The average Bonchev–Trinajstić information content (AvgIpc) is 2.88. The van der Waals surface area contributed by atoms with Gasteiger partial charge in [-0.25, -0.2) is 13.6 Å². The first kappa shape index (κ1) is 26.2. The van der Waals surface area contributed by atoms with E-state index in [0.717, 1.165) is 63.3 Å².